The van der Waals surface area contributed by atoms with E-state index in [0.717, 1.165) is 55.3 Å². The molecule has 0 saturated carbocycles. The Hall–Kier alpha value is -3.20. The average Bonchev–Trinajstić information content (AvgIpc) is 3.46. The van der Waals surface area contributed by atoms with Gasteiger partial charge in [0.2, 0.25) is 0 Å². The molecular weight excluding hydrogens is 430 g/mol. The first kappa shape index (κ1) is 20.7. The molecule has 1 unspecified atom stereocenters. The summed E-state index contributed by atoms with van der Waals surface area (Å²) in [5.74, 6) is -1.03. The van der Waals surface area contributed by atoms with Gasteiger partial charge in [0, 0.05) is 5.69 Å². The molecule has 0 spiro atoms. The van der Waals surface area contributed by atoms with Crippen LogP contribution in [0, 0.1) is 0 Å². The number of methoxy groups -OCH3 is 1. The minimum absolute atomic E-state index is 0.0397. The quantitative estimate of drug-likeness (QED) is 0.693. The van der Waals surface area contributed by atoms with E-state index in [-0.39, 0.29) is 16.9 Å². The van der Waals surface area contributed by atoms with Gasteiger partial charge in [0.25, 0.3) is 5.91 Å². The van der Waals surface area contributed by atoms with Gasteiger partial charge in [-0.1, -0.05) is 12.1 Å². The highest BCUT2D eigenvalue weighted by Crippen LogP contribution is 2.38. The lowest BCUT2D eigenvalue weighted by atomic mass is 9.99. The zero-order chi connectivity index (χ0) is 22.5. The number of carbonyl (C=O) groups is 3. The highest BCUT2D eigenvalue weighted by Gasteiger charge is 2.33. The fourth-order valence-corrected chi connectivity index (χ4v) is 6.52. The lowest BCUT2D eigenvalue weighted by Crippen LogP contribution is -2.23. The summed E-state index contributed by atoms with van der Waals surface area (Å²) in [6.07, 6.45) is 5.82. The molecule has 32 heavy (non-hydrogen) atoms. The van der Waals surface area contributed by atoms with Gasteiger partial charge in [-0.05, 0) is 78.5 Å². The smallest absolute Gasteiger partial charge is 0.355 e. The Bertz CT molecular complexity index is 1270. The molecule has 1 aliphatic heterocycles. The van der Waals surface area contributed by atoms with Crippen molar-refractivity contribution in [3.8, 4) is 0 Å². The Morgan fingerprint density at radius 2 is 1.78 bits per heavy atom. The number of amides is 3. The van der Waals surface area contributed by atoms with Crippen molar-refractivity contribution in [2.75, 3.05) is 12.4 Å². The molecule has 1 atom stereocenters. The number of hydrogen-bond acceptors (Lipinski definition) is 5. The van der Waals surface area contributed by atoms with Gasteiger partial charge in [0.05, 0.1) is 24.0 Å². The van der Waals surface area contributed by atoms with Gasteiger partial charge >= 0.3 is 12.0 Å². The minimum Gasteiger partial charge on any atom is -0.469 e. The van der Waals surface area contributed by atoms with Gasteiger partial charge in [-0.3, -0.25) is 14.3 Å². The Balaban J connectivity index is 1.50. The minimum atomic E-state index is -3.51. The zero-order valence-corrected chi connectivity index (χ0v) is 18.5. The van der Waals surface area contributed by atoms with Gasteiger partial charge in [-0.2, -0.15) is 0 Å². The Morgan fingerprint density at radius 1 is 1.09 bits per heavy atom. The maximum Gasteiger partial charge on any atom is 0.355 e. The first-order valence-electron chi connectivity index (χ1n) is 10.6. The molecule has 0 saturated heterocycles. The number of anilines is 1. The van der Waals surface area contributed by atoms with Crippen LogP contribution in [0.15, 0.2) is 33.5 Å². The van der Waals surface area contributed by atoms with Crippen LogP contribution in [0.3, 0.4) is 0 Å². The third-order valence-electron chi connectivity index (χ3n) is 6.31. The van der Waals surface area contributed by atoms with E-state index in [1.54, 1.807) is 6.07 Å². The van der Waals surface area contributed by atoms with Crippen molar-refractivity contribution < 1.29 is 23.3 Å². The molecule has 9 heteroatoms. The molecule has 2 aromatic carbocycles. The number of rotatable bonds is 3. The predicted octanol–water partition coefficient (Wildman–Crippen LogP) is 3.10. The monoisotopic (exact) mass is 453 g/mol. The van der Waals surface area contributed by atoms with Crippen LogP contribution < -0.4 is 10.0 Å². The summed E-state index contributed by atoms with van der Waals surface area (Å²) in [6.45, 7) is 0. The third-order valence-corrected chi connectivity index (χ3v) is 8.13. The lowest BCUT2D eigenvalue weighted by Gasteiger charge is -2.15. The van der Waals surface area contributed by atoms with E-state index >= 15 is 0 Å². The molecule has 1 heterocycles. The summed E-state index contributed by atoms with van der Waals surface area (Å²) in [7, 11) is -2.23. The molecule has 0 bridgehead atoms. The summed E-state index contributed by atoms with van der Waals surface area (Å²) in [4.78, 5) is 37.0. The molecule has 0 radical (unpaired) electrons. The zero-order valence-electron chi connectivity index (χ0n) is 17.7. The number of aryl methyl sites for hydroxylation is 2. The highest BCUT2D eigenvalue weighted by molar-refractivity contribution is 7.93. The summed E-state index contributed by atoms with van der Waals surface area (Å²) in [5, 5.41) is 2.89. The molecule has 166 valence electrons. The second-order valence-electron chi connectivity index (χ2n) is 8.30. The summed E-state index contributed by atoms with van der Waals surface area (Å²) < 4.78 is 24.5. The second kappa shape index (κ2) is 7.74. The van der Waals surface area contributed by atoms with E-state index in [2.05, 4.69) is 25.2 Å². The number of nitrogens with one attached hydrogen (secondary N) is 2. The highest BCUT2D eigenvalue weighted by atomic mass is 32.2. The van der Waals surface area contributed by atoms with E-state index in [9.17, 15) is 18.6 Å². The van der Waals surface area contributed by atoms with Gasteiger partial charge < -0.3 is 10.1 Å². The third kappa shape index (κ3) is 3.46. The topological polar surface area (TPSA) is 114 Å². The van der Waals surface area contributed by atoms with E-state index in [1.165, 1.54) is 30.4 Å². The van der Waals surface area contributed by atoms with Crippen molar-refractivity contribution >= 4 is 33.5 Å². The fourth-order valence-electron chi connectivity index (χ4n) is 4.85. The van der Waals surface area contributed by atoms with Gasteiger partial charge in [0.15, 0.2) is 9.92 Å². The number of carbonyl (C=O) groups excluding carboxylic acids is 3. The van der Waals surface area contributed by atoms with E-state index in [4.69, 9.17) is 0 Å². The van der Waals surface area contributed by atoms with Crippen LogP contribution in [-0.2, 0) is 51.6 Å². The van der Waals surface area contributed by atoms with Gasteiger partial charge in [-0.25, -0.2) is 9.00 Å². The van der Waals surface area contributed by atoms with Crippen molar-refractivity contribution in [1.29, 1.82) is 0 Å². The van der Waals surface area contributed by atoms with Crippen molar-refractivity contribution in [3.63, 3.8) is 0 Å². The lowest BCUT2D eigenvalue weighted by molar-refractivity contribution is -0.139. The van der Waals surface area contributed by atoms with Crippen molar-refractivity contribution in [2.45, 2.75) is 49.8 Å². The van der Waals surface area contributed by atoms with Gasteiger partial charge in [-0.15, -0.1) is 4.36 Å². The Morgan fingerprint density at radius 3 is 2.44 bits per heavy atom. The average molecular weight is 454 g/mol. The number of ether oxygens (including phenoxy) is 1. The standard InChI is InChI=1S/C23H23N3O5S/c1-31-20(27)11-13-8-9-18-19(10-13)32(30,25-22(18)28)26-23(29)24-21-16-6-2-4-14(16)12-15-5-3-7-17(15)21/h8-10,12H,2-7,11H2,1H3,(H2,24,25,26,28,29,30). The van der Waals surface area contributed by atoms with Crippen molar-refractivity contribution in [3.05, 3.63) is 57.6 Å². The molecule has 8 nitrogen and oxygen atoms in total. The van der Waals surface area contributed by atoms with Crippen LogP contribution in [0.2, 0.25) is 0 Å². The van der Waals surface area contributed by atoms with E-state index < -0.39 is 27.8 Å². The SMILES string of the molecule is COC(=O)Cc1ccc2c(c1)S(=O)(=NC(=O)Nc1c3c(cc4c1CCC4)CCC3)NC2=O. The first-order chi connectivity index (χ1) is 15.4. The van der Waals surface area contributed by atoms with Crippen LogP contribution in [0.25, 0.3) is 0 Å². The van der Waals surface area contributed by atoms with Crippen LogP contribution >= 0.6 is 0 Å². The van der Waals surface area contributed by atoms with E-state index in [1.807, 2.05) is 0 Å². The molecule has 5 rings (SSSR count). The summed E-state index contributed by atoms with van der Waals surface area (Å²) >= 11 is 0. The van der Waals surface area contributed by atoms with Crippen LogP contribution in [-0.4, -0.2) is 29.2 Å². The van der Waals surface area contributed by atoms with Crippen LogP contribution in [0.1, 0.15) is 51.0 Å². The van der Waals surface area contributed by atoms with Crippen molar-refractivity contribution in [2.24, 2.45) is 4.36 Å². The number of esters is 1. The molecule has 0 fully saturated rings. The predicted molar refractivity (Wildman–Crippen MR) is 118 cm³/mol. The molecule has 3 aliphatic rings. The molecular formula is C23H23N3O5S. The number of urea groups is 1. The summed E-state index contributed by atoms with van der Waals surface area (Å²) in [5.41, 5.74) is 6.30. The van der Waals surface area contributed by atoms with Crippen LogP contribution in [0.4, 0.5) is 10.5 Å². The van der Waals surface area contributed by atoms with E-state index in [0.29, 0.717) is 5.56 Å². The Labute approximate surface area is 186 Å². The molecule has 3 amide bonds. The van der Waals surface area contributed by atoms with Crippen molar-refractivity contribution in [1.82, 2.24) is 4.72 Å². The van der Waals surface area contributed by atoms with Gasteiger partial charge in [0.1, 0.15) is 0 Å². The maximum absolute atomic E-state index is 13.5. The maximum atomic E-state index is 13.5. The number of nitrogens with zero attached hydrogens (tertiary/aromatic N) is 1. The molecule has 0 aromatic heterocycles. The second-order valence-corrected chi connectivity index (χ2v) is 10.2. The number of fused-ring (bicyclic) bond motifs is 3. The molecule has 2 N–H and O–H groups in total. The fraction of sp³-hybridized carbons (Fsp3) is 0.348. The normalized spacial score (nSPS) is 20.2. The van der Waals surface area contributed by atoms with Crippen LogP contribution in [0.5, 0.6) is 0 Å². The largest absolute Gasteiger partial charge is 0.469 e. The number of hydrogen-bond donors (Lipinski definition) is 2. The molecule has 2 aliphatic carbocycles. The number of benzene rings is 2. The molecule has 2 aromatic rings. The summed E-state index contributed by atoms with van der Waals surface area (Å²) in [6, 6.07) is 6.06. The first-order valence-corrected chi connectivity index (χ1v) is 12.2. The Kier molecular flexibility index (Phi) is 5.00.